The van der Waals surface area contributed by atoms with E-state index >= 15 is 0 Å². The quantitative estimate of drug-likeness (QED) is 0.659. The Kier molecular flexibility index (Phi) is 2.90. The SMILES string of the molecule is CC1(c2ccc(Cl)cc2)CCC(Br)C1. The van der Waals surface area contributed by atoms with Crippen LogP contribution in [0.5, 0.6) is 0 Å². The summed E-state index contributed by atoms with van der Waals surface area (Å²) in [5.41, 5.74) is 1.77. The molecule has 0 radical (unpaired) electrons. The van der Waals surface area contributed by atoms with Gasteiger partial charge in [0.25, 0.3) is 0 Å². The Morgan fingerprint density at radius 3 is 2.50 bits per heavy atom. The summed E-state index contributed by atoms with van der Waals surface area (Å²) < 4.78 is 0. The fourth-order valence-electron chi connectivity index (χ4n) is 2.28. The molecular formula is C12H14BrCl. The summed E-state index contributed by atoms with van der Waals surface area (Å²) in [7, 11) is 0. The first-order valence-corrected chi connectivity index (χ1v) is 6.30. The third kappa shape index (κ3) is 1.99. The fourth-order valence-corrected chi connectivity index (χ4v) is 3.35. The molecule has 0 N–H and O–H groups in total. The summed E-state index contributed by atoms with van der Waals surface area (Å²) >= 11 is 9.58. The van der Waals surface area contributed by atoms with E-state index in [4.69, 9.17) is 11.6 Å². The maximum atomic E-state index is 5.88. The van der Waals surface area contributed by atoms with Crippen molar-refractivity contribution in [1.29, 1.82) is 0 Å². The van der Waals surface area contributed by atoms with Crippen molar-refractivity contribution >= 4 is 27.5 Å². The molecule has 0 bridgehead atoms. The van der Waals surface area contributed by atoms with E-state index in [0.29, 0.717) is 10.2 Å². The average Bonchev–Trinajstić information content (AvgIpc) is 2.48. The van der Waals surface area contributed by atoms with Gasteiger partial charge in [0.15, 0.2) is 0 Å². The van der Waals surface area contributed by atoms with E-state index in [1.165, 1.54) is 24.8 Å². The van der Waals surface area contributed by atoms with Gasteiger partial charge in [-0.25, -0.2) is 0 Å². The Bertz CT molecular complexity index is 320. The molecule has 1 aromatic carbocycles. The van der Waals surface area contributed by atoms with Crippen molar-refractivity contribution in [2.75, 3.05) is 0 Å². The highest BCUT2D eigenvalue weighted by atomic mass is 79.9. The van der Waals surface area contributed by atoms with Crippen LogP contribution in [0.3, 0.4) is 0 Å². The average molecular weight is 274 g/mol. The van der Waals surface area contributed by atoms with Gasteiger partial charge in [-0.3, -0.25) is 0 Å². The molecule has 1 aliphatic rings. The lowest BCUT2D eigenvalue weighted by Crippen LogP contribution is -2.17. The molecular weight excluding hydrogens is 259 g/mol. The molecule has 0 amide bonds. The van der Waals surface area contributed by atoms with Gasteiger partial charge >= 0.3 is 0 Å². The normalized spacial score (nSPS) is 32.1. The zero-order chi connectivity index (χ0) is 10.2. The number of rotatable bonds is 1. The summed E-state index contributed by atoms with van der Waals surface area (Å²) in [6.07, 6.45) is 3.78. The van der Waals surface area contributed by atoms with Crippen LogP contribution in [-0.4, -0.2) is 4.83 Å². The van der Waals surface area contributed by atoms with Gasteiger partial charge in [0.1, 0.15) is 0 Å². The van der Waals surface area contributed by atoms with E-state index in [1.807, 2.05) is 12.1 Å². The van der Waals surface area contributed by atoms with Gasteiger partial charge < -0.3 is 0 Å². The molecule has 0 heterocycles. The lowest BCUT2D eigenvalue weighted by Gasteiger charge is -2.24. The second-order valence-corrected chi connectivity index (χ2v) is 6.14. The molecule has 2 atom stereocenters. The van der Waals surface area contributed by atoms with E-state index < -0.39 is 0 Å². The molecule has 1 fully saturated rings. The van der Waals surface area contributed by atoms with Gasteiger partial charge in [0, 0.05) is 9.85 Å². The van der Waals surface area contributed by atoms with Gasteiger partial charge in [0.2, 0.25) is 0 Å². The Morgan fingerprint density at radius 1 is 1.36 bits per heavy atom. The van der Waals surface area contributed by atoms with Crippen LogP contribution in [-0.2, 0) is 5.41 Å². The maximum absolute atomic E-state index is 5.88. The smallest absolute Gasteiger partial charge is 0.0406 e. The summed E-state index contributed by atoms with van der Waals surface area (Å²) in [5.74, 6) is 0. The second-order valence-electron chi connectivity index (χ2n) is 4.41. The predicted molar refractivity (Wildman–Crippen MR) is 65.4 cm³/mol. The predicted octanol–water partition coefficient (Wildman–Crippen LogP) is 4.55. The van der Waals surface area contributed by atoms with Gasteiger partial charge in [-0.2, -0.15) is 0 Å². The minimum absolute atomic E-state index is 0.346. The van der Waals surface area contributed by atoms with Crippen LogP contribution in [0.15, 0.2) is 24.3 Å². The van der Waals surface area contributed by atoms with Crippen molar-refractivity contribution in [3.63, 3.8) is 0 Å². The highest BCUT2D eigenvalue weighted by Crippen LogP contribution is 2.43. The van der Waals surface area contributed by atoms with Crippen molar-refractivity contribution in [3.8, 4) is 0 Å². The molecule has 0 saturated heterocycles. The van der Waals surface area contributed by atoms with Gasteiger partial charge in [-0.15, -0.1) is 0 Å². The fraction of sp³-hybridized carbons (Fsp3) is 0.500. The molecule has 14 heavy (non-hydrogen) atoms. The highest BCUT2D eigenvalue weighted by Gasteiger charge is 2.35. The molecule has 2 rings (SSSR count). The van der Waals surface area contributed by atoms with Crippen molar-refractivity contribution in [3.05, 3.63) is 34.9 Å². The summed E-state index contributed by atoms with van der Waals surface area (Å²) in [6, 6.07) is 8.30. The Labute approximate surface area is 98.8 Å². The molecule has 1 saturated carbocycles. The molecule has 2 unspecified atom stereocenters. The van der Waals surface area contributed by atoms with E-state index in [-0.39, 0.29) is 0 Å². The van der Waals surface area contributed by atoms with Crippen LogP contribution in [0.25, 0.3) is 0 Å². The van der Waals surface area contributed by atoms with Gasteiger partial charge in [-0.05, 0) is 42.4 Å². The van der Waals surface area contributed by atoms with Crippen molar-refractivity contribution in [2.45, 2.75) is 36.4 Å². The number of halogens is 2. The zero-order valence-electron chi connectivity index (χ0n) is 8.26. The summed E-state index contributed by atoms with van der Waals surface area (Å²) in [6.45, 7) is 2.34. The van der Waals surface area contributed by atoms with E-state index in [2.05, 4.69) is 35.0 Å². The van der Waals surface area contributed by atoms with Crippen LogP contribution in [0.4, 0.5) is 0 Å². The number of benzene rings is 1. The van der Waals surface area contributed by atoms with Crippen molar-refractivity contribution in [2.24, 2.45) is 0 Å². The maximum Gasteiger partial charge on any atom is 0.0406 e. The third-order valence-electron chi connectivity index (χ3n) is 3.22. The van der Waals surface area contributed by atoms with Crippen molar-refractivity contribution < 1.29 is 0 Å². The van der Waals surface area contributed by atoms with Crippen LogP contribution < -0.4 is 0 Å². The first-order chi connectivity index (χ1) is 6.60. The van der Waals surface area contributed by atoms with E-state index in [0.717, 1.165) is 5.02 Å². The van der Waals surface area contributed by atoms with Gasteiger partial charge in [-0.1, -0.05) is 46.6 Å². The van der Waals surface area contributed by atoms with Crippen LogP contribution in [0.1, 0.15) is 31.7 Å². The molecule has 2 heteroatoms. The Morgan fingerprint density at radius 2 is 2.00 bits per heavy atom. The topological polar surface area (TPSA) is 0 Å². The van der Waals surface area contributed by atoms with E-state index in [9.17, 15) is 0 Å². The Balaban J connectivity index is 2.26. The number of hydrogen-bond acceptors (Lipinski definition) is 0. The second kappa shape index (κ2) is 3.86. The van der Waals surface area contributed by atoms with Gasteiger partial charge in [0.05, 0.1) is 0 Å². The summed E-state index contributed by atoms with van der Waals surface area (Å²) in [5, 5.41) is 0.825. The number of hydrogen-bond donors (Lipinski definition) is 0. The minimum atomic E-state index is 0.346. The zero-order valence-corrected chi connectivity index (χ0v) is 10.6. The monoisotopic (exact) mass is 272 g/mol. The standard InChI is InChI=1S/C12H14BrCl/c1-12(7-6-10(13)8-12)9-2-4-11(14)5-3-9/h2-5,10H,6-8H2,1H3. The molecule has 0 nitrogen and oxygen atoms in total. The first kappa shape index (κ1) is 10.5. The third-order valence-corrected chi connectivity index (χ3v) is 4.26. The van der Waals surface area contributed by atoms with Crippen LogP contribution >= 0.6 is 27.5 Å². The molecule has 0 spiro atoms. The highest BCUT2D eigenvalue weighted by molar-refractivity contribution is 9.09. The molecule has 1 aliphatic carbocycles. The largest absolute Gasteiger partial charge is 0.0890 e. The molecule has 76 valence electrons. The Hall–Kier alpha value is -0.0100. The summed E-state index contributed by atoms with van der Waals surface area (Å²) in [4.78, 5) is 0.683. The molecule has 0 aliphatic heterocycles. The molecule has 0 aromatic heterocycles. The molecule has 1 aromatic rings. The minimum Gasteiger partial charge on any atom is -0.0890 e. The lowest BCUT2D eigenvalue weighted by atomic mass is 9.81. The number of alkyl halides is 1. The first-order valence-electron chi connectivity index (χ1n) is 5.00. The lowest BCUT2D eigenvalue weighted by molar-refractivity contribution is 0.493. The van der Waals surface area contributed by atoms with E-state index in [1.54, 1.807) is 0 Å². The van der Waals surface area contributed by atoms with Crippen molar-refractivity contribution in [1.82, 2.24) is 0 Å². The van der Waals surface area contributed by atoms with Crippen LogP contribution in [0, 0.1) is 0 Å². The van der Waals surface area contributed by atoms with Crippen LogP contribution in [0.2, 0.25) is 5.02 Å².